The molecule has 0 aliphatic carbocycles. The van der Waals surface area contributed by atoms with Crippen molar-refractivity contribution < 1.29 is 37.4 Å². The van der Waals surface area contributed by atoms with Gasteiger partial charge in [0.25, 0.3) is 0 Å². The number of hydrogen-bond acceptors (Lipinski definition) is 8. The summed E-state index contributed by atoms with van der Waals surface area (Å²) in [5.74, 6) is 0.219. The van der Waals surface area contributed by atoms with E-state index in [1.54, 1.807) is 24.3 Å². The van der Waals surface area contributed by atoms with Gasteiger partial charge in [-0.2, -0.15) is 0 Å². The summed E-state index contributed by atoms with van der Waals surface area (Å²) in [5, 5.41) is 2.51. The smallest absolute Gasteiger partial charge is 0.408 e. The monoisotopic (exact) mass is 527 g/mol. The molecule has 0 radical (unpaired) electrons. The minimum atomic E-state index is -3.66. The number of benzene rings is 3. The summed E-state index contributed by atoms with van der Waals surface area (Å²) in [4.78, 5) is 25.3. The summed E-state index contributed by atoms with van der Waals surface area (Å²) in [6.45, 7) is 0.0385. The normalized spacial score (nSPS) is 13.0. The predicted octanol–water partition coefficient (Wildman–Crippen LogP) is 5.34. The zero-order chi connectivity index (χ0) is 26.5. The molecule has 196 valence electrons. The number of carbonyl (C=O) groups is 2. The lowest BCUT2D eigenvalue weighted by atomic mass is 10.2. The van der Waals surface area contributed by atoms with Crippen molar-refractivity contribution in [2.24, 2.45) is 0 Å². The number of hydrogen-bond donors (Lipinski definition) is 1. The molecule has 2 unspecified atom stereocenters. The molecule has 0 fully saturated rings. The maximum Gasteiger partial charge on any atom is 0.408 e. The Kier molecular flexibility index (Phi) is 10.6. The van der Waals surface area contributed by atoms with Crippen molar-refractivity contribution in [1.82, 2.24) is 5.32 Å². The largest absolute Gasteiger partial charge is 0.497 e. The third kappa shape index (κ3) is 9.29. The number of esters is 1. The molecule has 0 heterocycles. The summed E-state index contributed by atoms with van der Waals surface area (Å²) < 4.78 is 39.8. The molecule has 0 aliphatic heterocycles. The van der Waals surface area contributed by atoms with Crippen molar-refractivity contribution in [3.8, 4) is 11.5 Å². The van der Waals surface area contributed by atoms with Crippen LogP contribution in [0.1, 0.15) is 17.5 Å². The first-order valence-corrected chi connectivity index (χ1v) is 13.3. The van der Waals surface area contributed by atoms with Gasteiger partial charge in [-0.1, -0.05) is 60.7 Å². The topological polar surface area (TPSA) is 109 Å². The van der Waals surface area contributed by atoms with Gasteiger partial charge in [0.2, 0.25) is 0 Å². The quantitative estimate of drug-likeness (QED) is 0.234. The number of alkyl carbamates (subject to hydrolysis) is 1. The molecule has 0 saturated carbocycles. The fraction of sp³-hybridized carbons (Fsp3) is 0.259. The minimum absolute atomic E-state index is 0.0151. The van der Waals surface area contributed by atoms with Gasteiger partial charge in [-0.15, -0.1) is 0 Å². The van der Waals surface area contributed by atoms with Crippen molar-refractivity contribution in [3.05, 3.63) is 96.1 Å². The van der Waals surface area contributed by atoms with Crippen LogP contribution in [-0.2, 0) is 36.6 Å². The molecular weight excluding hydrogens is 497 g/mol. The lowest BCUT2D eigenvalue weighted by Crippen LogP contribution is -2.42. The van der Waals surface area contributed by atoms with E-state index in [1.807, 2.05) is 60.7 Å². The second kappa shape index (κ2) is 14.1. The lowest BCUT2D eigenvalue weighted by Gasteiger charge is -2.21. The van der Waals surface area contributed by atoms with Gasteiger partial charge in [0.15, 0.2) is 0 Å². The Hall–Kier alpha value is -3.81. The van der Waals surface area contributed by atoms with Crippen LogP contribution in [0.3, 0.4) is 0 Å². The Morgan fingerprint density at radius 3 is 1.86 bits per heavy atom. The van der Waals surface area contributed by atoms with Crippen LogP contribution in [0.25, 0.3) is 0 Å². The van der Waals surface area contributed by atoms with Crippen LogP contribution < -0.4 is 14.6 Å². The molecule has 0 spiro atoms. The van der Waals surface area contributed by atoms with E-state index in [1.165, 1.54) is 14.2 Å². The Labute approximate surface area is 216 Å². The third-order valence-electron chi connectivity index (χ3n) is 5.29. The molecule has 10 heteroatoms. The van der Waals surface area contributed by atoms with E-state index in [2.05, 4.69) is 5.32 Å². The molecule has 1 amide bonds. The van der Waals surface area contributed by atoms with Gasteiger partial charge in [-0.3, -0.25) is 0 Å². The number of carbonyl (C=O) groups excluding carboxylic acids is 2. The van der Waals surface area contributed by atoms with Gasteiger partial charge in [0, 0.05) is 7.11 Å². The number of amides is 1. The van der Waals surface area contributed by atoms with E-state index in [9.17, 15) is 14.2 Å². The van der Waals surface area contributed by atoms with Gasteiger partial charge in [0.05, 0.1) is 13.3 Å². The number of nitrogens with one attached hydrogen (secondary N) is 1. The lowest BCUT2D eigenvalue weighted by molar-refractivity contribution is -0.147. The molecule has 3 aromatic carbocycles. The van der Waals surface area contributed by atoms with Gasteiger partial charge >= 0.3 is 19.7 Å². The number of ether oxygens (including phenoxy) is 3. The summed E-state index contributed by atoms with van der Waals surface area (Å²) in [6.07, 6.45) is -1.05. The van der Waals surface area contributed by atoms with Crippen LogP contribution in [0, 0.1) is 0 Å². The van der Waals surface area contributed by atoms with E-state index < -0.39 is 25.7 Å². The Morgan fingerprint density at radius 1 is 0.784 bits per heavy atom. The van der Waals surface area contributed by atoms with Crippen LogP contribution in [0.5, 0.6) is 11.5 Å². The zero-order valence-corrected chi connectivity index (χ0v) is 21.6. The minimum Gasteiger partial charge on any atom is -0.497 e. The van der Waals surface area contributed by atoms with Gasteiger partial charge < -0.3 is 28.6 Å². The molecule has 9 nitrogen and oxygen atoms in total. The standard InChI is InChI=1S/C27H30NO8P/c1-32-23-13-15-24(16-14-23)36-37(31,33-2)18-17-25(26(29)34-19-21-9-5-3-6-10-21)28-27(30)35-20-22-11-7-4-8-12-22/h3-16,25H,17-20H2,1-2H3,(H,28,30). The molecule has 0 bridgehead atoms. The molecule has 3 rings (SSSR count). The van der Waals surface area contributed by atoms with Crippen molar-refractivity contribution >= 4 is 19.7 Å². The molecule has 0 saturated heterocycles. The average molecular weight is 528 g/mol. The third-order valence-corrected chi connectivity index (χ3v) is 7.14. The molecular formula is C27H30NO8P. The highest BCUT2D eigenvalue weighted by Crippen LogP contribution is 2.48. The first kappa shape index (κ1) is 27.8. The Bertz CT molecular complexity index is 1170. The predicted molar refractivity (Wildman–Crippen MR) is 138 cm³/mol. The van der Waals surface area contributed by atoms with E-state index in [-0.39, 0.29) is 25.8 Å². The van der Waals surface area contributed by atoms with Crippen LogP contribution in [-0.4, -0.2) is 38.5 Å². The van der Waals surface area contributed by atoms with E-state index in [4.69, 9.17) is 23.3 Å². The fourth-order valence-electron chi connectivity index (χ4n) is 3.24. The highest BCUT2D eigenvalue weighted by molar-refractivity contribution is 7.54. The fourth-order valence-corrected chi connectivity index (χ4v) is 4.61. The Balaban J connectivity index is 1.64. The first-order valence-electron chi connectivity index (χ1n) is 11.6. The molecule has 2 atom stereocenters. The van der Waals surface area contributed by atoms with E-state index in [0.29, 0.717) is 11.5 Å². The highest BCUT2D eigenvalue weighted by atomic mass is 31.2. The molecule has 3 aromatic rings. The highest BCUT2D eigenvalue weighted by Gasteiger charge is 2.31. The SMILES string of the molecule is COc1ccc(OP(=O)(CCC(NC(=O)OCc2ccccc2)C(=O)OCc2ccccc2)OC)cc1. The van der Waals surface area contributed by atoms with Gasteiger partial charge in [0.1, 0.15) is 30.8 Å². The molecule has 37 heavy (non-hydrogen) atoms. The van der Waals surface area contributed by atoms with Gasteiger partial charge in [-0.05, 0) is 41.8 Å². The maximum absolute atomic E-state index is 13.2. The van der Waals surface area contributed by atoms with E-state index >= 15 is 0 Å². The average Bonchev–Trinajstić information content (AvgIpc) is 2.94. The molecule has 0 aliphatic rings. The summed E-state index contributed by atoms with van der Waals surface area (Å²) in [6, 6.07) is 23.6. The maximum atomic E-state index is 13.2. The van der Waals surface area contributed by atoms with Crippen LogP contribution >= 0.6 is 7.60 Å². The molecule has 1 N–H and O–H groups in total. The van der Waals surface area contributed by atoms with Gasteiger partial charge in [-0.25, -0.2) is 14.2 Å². The summed E-state index contributed by atoms with van der Waals surface area (Å²) >= 11 is 0. The number of methoxy groups -OCH3 is 1. The molecule has 0 aromatic heterocycles. The second-order valence-corrected chi connectivity index (χ2v) is 10.1. The summed E-state index contributed by atoms with van der Waals surface area (Å²) in [7, 11) is -0.873. The van der Waals surface area contributed by atoms with Crippen molar-refractivity contribution in [2.75, 3.05) is 20.4 Å². The van der Waals surface area contributed by atoms with Crippen molar-refractivity contribution in [1.29, 1.82) is 0 Å². The second-order valence-electron chi connectivity index (χ2n) is 7.92. The van der Waals surface area contributed by atoms with Crippen LogP contribution in [0.2, 0.25) is 0 Å². The zero-order valence-electron chi connectivity index (χ0n) is 20.7. The number of rotatable bonds is 13. The van der Waals surface area contributed by atoms with Crippen LogP contribution in [0.4, 0.5) is 4.79 Å². The van der Waals surface area contributed by atoms with Crippen LogP contribution in [0.15, 0.2) is 84.9 Å². The van der Waals surface area contributed by atoms with E-state index in [0.717, 1.165) is 11.1 Å². The van der Waals surface area contributed by atoms with Crippen molar-refractivity contribution in [2.45, 2.75) is 25.7 Å². The summed E-state index contributed by atoms with van der Waals surface area (Å²) in [5.41, 5.74) is 1.57. The Morgan fingerprint density at radius 2 is 1.32 bits per heavy atom. The first-order chi connectivity index (χ1) is 17.9. The van der Waals surface area contributed by atoms with Crippen molar-refractivity contribution in [3.63, 3.8) is 0 Å².